The van der Waals surface area contributed by atoms with Gasteiger partial charge in [-0.3, -0.25) is 9.78 Å². The molecule has 2 aromatic rings. The lowest BCUT2D eigenvalue weighted by atomic mass is 9.98. The van der Waals surface area contributed by atoms with Crippen molar-refractivity contribution in [1.82, 2.24) is 15.2 Å². The summed E-state index contributed by atoms with van der Waals surface area (Å²) in [5.74, 6) is -0.0148. The number of hydrogen-bond acceptors (Lipinski definition) is 6. The van der Waals surface area contributed by atoms with Crippen LogP contribution in [-0.4, -0.2) is 40.7 Å². The average molecular weight is 343 g/mol. The number of carbonyl (C=O) groups excluding carboxylic acids is 1. The van der Waals surface area contributed by atoms with Gasteiger partial charge in [-0.15, -0.1) is 11.8 Å². The summed E-state index contributed by atoms with van der Waals surface area (Å²) in [5, 5.41) is 3.10. The van der Waals surface area contributed by atoms with Crippen molar-refractivity contribution in [3.05, 3.63) is 40.8 Å². The van der Waals surface area contributed by atoms with E-state index in [0.717, 1.165) is 33.8 Å². The quantitative estimate of drug-likeness (QED) is 0.858. The van der Waals surface area contributed by atoms with E-state index < -0.39 is 5.66 Å². The number of rotatable bonds is 1. The van der Waals surface area contributed by atoms with Gasteiger partial charge in [-0.2, -0.15) is 0 Å². The van der Waals surface area contributed by atoms with Crippen LogP contribution in [0.2, 0.25) is 0 Å². The normalized spacial score (nSPS) is 28.2. The topological polar surface area (TPSA) is 67.6 Å². The van der Waals surface area contributed by atoms with Crippen molar-refractivity contribution in [3.8, 4) is 0 Å². The highest BCUT2D eigenvalue weighted by Gasteiger charge is 2.51. The predicted molar refractivity (Wildman–Crippen MR) is 90.0 cm³/mol. The molecular formula is C17H17N3O3S. The number of aromatic nitrogens is 1. The lowest BCUT2D eigenvalue weighted by Crippen LogP contribution is -2.63. The van der Waals surface area contributed by atoms with E-state index in [1.54, 1.807) is 24.2 Å². The van der Waals surface area contributed by atoms with Gasteiger partial charge in [0.25, 0.3) is 5.91 Å². The molecule has 7 heteroatoms. The van der Waals surface area contributed by atoms with Crippen LogP contribution >= 0.6 is 11.8 Å². The first-order valence-corrected chi connectivity index (χ1v) is 8.89. The molecule has 1 saturated heterocycles. The molecule has 1 N–H and O–H groups in total. The summed E-state index contributed by atoms with van der Waals surface area (Å²) < 4.78 is 11.8. The van der Waals surface area contributed by atoms with Crippen molar-refractivity contribution in [1.29, 1.82) is 0 Å². The summed E-state index contributed by atoms with van der Waals surface area (Å²) in [6, 6.07) is 3.82. The Morgan fingerprint density at radius 1 is 1.42 bits per heavy atom. The Morgan fingerprint density at radius 2 is 2.29 bits per heavy atom. The van der Waals surface area contributed by atoms with Gasteiger partial charge in [0.2, 0.25) is 0 Å². The number of pyridine rings is 1. The second-order valence-electron chi connectivity index (χ2n) is 6.74. The third kappa shape index (κ3) is 1.82. The van der Waals surface area contributed by atoms with E-state index in [1.807, 2.05) is 26.0 Å². The van der Waals surface area contributed by atoms with E-state index >= 15 is 0 Å². The fourth-order valence-electron chi connectivity index (χ4n) is 3.85. The first-order chi connectivity index (χ1) is 11.6. The highest BCUT2D eigenvalue weighted by atomic mass is 32.2. The van der Waals surface area contributed by atoms with Crippen molar-refractivity contribution in [2.75, 3.05) is 13.2 Å². The summed E-state index contributed by atoms with van der Waals surface area (Å²) in [6.07, 6.45) is 3.30. The van der Waals surface area contributed by atoms with Crippen LogP contribution in [0.3, 0.4) is 0 Å². The fourth-order valence-corrected chi connectivity index (χ4v) is 5.26. The molecule has 0 spiro atoms. The molecule has 2 aromatic heterocycles. The van der Waals surface area contributed by atoms with Gasteiger partial charge < -0.3 is 19.4 Å². The molecule has 1 fully saturated rings. The molecule has 1 amide bonds. The summed E-state index contributed by atoms with van der Waals surface area (Å²) in [6.45, 7) is 5.49. The Balaban J connectivity index is 1.63. The summed E-state index contributed by atoms with van der Waals surface area (Å²) in [4.78, 5) is 20.0. The smallest absolute Gasteiger partial charge is 0.261 e. The zero-order chi connectivity index (χ0) is 16.5. The molecule has 6 nitrogen and oxygen atoms in total. The molecular weight excluding hydrogens is 326 g/mol. The van der Waals surface area contributed by atoms with Crippen molar-refractivity contribution in [2.24, 2.45) is 0 Å². The zero-order valence-electron chi connectivity index (χ0n) is 13.4. The molecule has 5 heterocycles. The minimum Gasteiger partial charge on any atom is -0.462 e. The van der Waals surface area contributed by atoms with Crippen molar-refractivity contribution in [3.63, 3.8) is 0 Å². The van der Waals surface area contributed by atoms with Gasteiger partial charge >= 0.3 is 0 Å². The number of nitrogens with zero attached hydrogens (tertiary/aromatic N) is 2. The van der Waals surface area contributed by atoms with Crippen LogP contribution in [0.4, 0.5) is 0 Å². The minimum atomic E-state index is -0.397. The van der Waals surface area contributed by atoms with E-state index in [9.17, 15) is 4.79 Å². The number of nitrogens with one attached hydrogen (secondary N) is 1. The van der Waals surface area contributed by atoms with Gasteiger partial charge in [-0.05, 0) is 19.9 Å². The van der Waals surface area contributed by atoms with Crippen LogP contribution in [-0.2, 0) is 9.53 Å². The molecule has 0 aromatic carbocycles. The highest BCUT2D eigenvalue weighted by Crippen LogP contribution is 2.54. The Hall–Kier alpha value is -1.99. The average Bonchev–Trinajstić information content (AvgIpc) is 3.17. The maximum Gasteiger partial charge on any atom is 0.261 e. The number of hydrogen-bond donors (Lipinski definition) is 1. The van der Waals surface area contributed by atoms with Crippen LogP contribution in [0.5, 0.6) is 0 Å². The maximum absolute atomic E-state index is 12.6. The van der Waals surface area contributed by atoms with Gasteiger partial charge in [-0.1, -0.05) is 0 Å². The van der Waals surface area contributed by atoms with E-state index in [2.05, 4.69) is 15.2 Å². The van der Waals surface area contributed by atoms with Crippen LogP contribution in [0, 0.1) is 0 Å². The molecule has 24 heavy (non-hydrogen) atoms. The largest absolute Gasteiger partial charge is 0.462 e. The predicted octanol–water partition coefficient (Wildman–Crippen LogP) is 2.39. The number of carbonyl (C=O) groups is 1. The maximum atomic E-state index is 12.6. The number of fused-ring (bicyclic) bond motifs is 1. The number of thioether (sulfide) groups is 1. The molecule has 3 aliphatic heterocycles. The summed E-state index contributed by atoms with van der Waals surface area (Å²) >= 11 is 1.56. The van der Waals surface area contributed by atoms with Crippen molar-refractivity contribution < 1.29 is 13.9 Å². The van der Waals surface area contributed by atoms with Crippen LogP contribution < -0.4 is 5.32 Å². The molecule has 0 bridgehead atoms. The second-order valence-corrected chi connectivity index (χ2v) is 7.90. The Morgan fingerprint density at radius 3 is 3.17 bits per heavy atom. The SMILES string of the molecule is CC1(C)NC(=O)C2=C3C(OCCN31)C(c1ccnc3ccoc13)S2. The molecule has 5 rings (SSSR count). The Labute approximate surface area is 143 Å². The summed E-state index contributed by atoms with van der Waals surface area (Å²) in [7, 11) is 0. The van der Waals surface area contributed by atoms with E-state index in [-0.39, 0.29) is 17.3 Å². The molecule has 0 aliphatic carbocycles. The zero-order valence-corrected chi connectivity index (χ0v) is 14.2. The molecule has 0 radical (unpaired) electrons. The number of morpholine rings is 1. The van der Waals surface area contributed by atoms with Crippen LogP contribution in [0.1, 0.15) is 24.7 Å². The lowest BCUT2D eigenvalue weighted by Gasteiger charge is -2.48. The minimum absolute atomic E-state index is 0.00546. The van der Waals surface area contributed by atoms with Gasteiger partial charge in [0.15, 0.2) is 5.58 Å². The van der Waals surface area contributed by atoms with Gasteiger partial charge in [0, 0.05) is 24.4 Å². The third-order valence-corrected chi connectivity index (χ3v) is 6.29. The monoisotopic (exact) mass is 343 g/mol. The summed E-state index contributed by atoms with van der Waals surface area (Å²) in [5.41, 5.74) is 3.25. The van der Waals surface area contributed by atoms with Gasteiger partial charge in [0.05, 0.1) is 28.7 Å². The molecule has 3 aliphatic rings. The van der Waals surface area contributed by atoms with Gasteiger partial charge in [0.1, 0.15) is 17.3 Å². The standard InChI is InChI=1S/C17H17N3O3S/c1-17(2)19-16(21)15-11-13(23-8-6-20(11)17)14(24-15)9-3-5-18-10-4-7-22-12(9)10/h3-5,7,13-14H,6,8H2,1-2H3,(H,19,21). The van der Waals surface area contributed by atoms with Crippen LogP contribution in [0.15, 0.2) is 39.6 Å². The number of amides is 1. The van der Waals surface area contributed by atoms with Crippen molar-refractivity contribution in [2.45, 2.75) is 30.9 Å². The van der Waals surface area contributed by atoms with Gasteiger partial charge in [-0.25, -0.2) is 0 Å². The number of furan rings is 1. The molecule has 2 unspecified atom stereocenters. The van der Waals surface area contributed by atoms with Crippen molar-refractivity contribution >= 4 is 28.8 Å². The Bertz CT molecular complexity index is 888. The Kier molecular flexibility index (Phi) is 2.85. The third-order valence-electron chi connectivity index (χ3n) is 4.91. The lowest BCUT2D eigenvalue weighted by molar-refractivity contribution is -0.124. The molecule has 0 saturated carbocycles. The van der Waals surface area contributed by atoms with E-state index in [4.69, 9.17) is 9.15 Å². The highest BCUT2D eigenvalue weighted by molar-refractivity contribution is 8.04. The second kappa shape index (κ2) is 4.77. The number of ether oxygens (including phenoxy) is 1. The molecule has 2 atom stereocenters. The first-order valence-electron chi connectivity index (χ1n) is 8.01. The van der Waals surface area contributed by atoms with E-state index in [1.165, 1.54) is 0 Å². The fraction of sp³-hybridized carbons (Fsp3) is 0.412. The first kappa shape index (κ1) is 14.4. The van der Waals surface area contributed by atoms with E-state index in [0.29, 0.717) is 6.61 Å². The molecule has 124 valence electrons. The van der Waals surface area contributed by atoms with Crippen LogP contribution in [0.25, 0.3) is 11.1 Å².